The van der Waals surface area contributed by atoms with Crippen molar-refractivity contribution in [1.82, 2.24) is 4.98 Å². The molecule has 0 aliphatic carbocycles. The van der Waals surface area contributed by atoms with Crippen molar-refractivity contribution in [3.8, 4) is 5.75 Å². The molecule has 8 nitrogen and oxygen atoms in total. The van der Waals surface area contributed by atoms with E-state index in [0.29, 0.717) is 5.75 Å². The van der Waals surface area contributed by atoms with Crippen LogP contribution in [-0.2, 0) is 14.3 Å². The van der Waals surface area contributed by atoms with Crippen LogP contribution in [0.2, 0.25) is 5.02 Å². The number of fused-ring (bicyclic) bond motifs is 1. The summed E-state index contributed by atoms with van der Waals surface area (Å²) < 4.78 is 9.92. The first-order chi connectivity index (χ1) is 12.5. The highest BCUT2D eigenvalue weighted by atomic mass is 35.5. The summed E-state index contributed by atoms with van der Waals surface area (Å²) in [7, 11) is 1.25. The zero-order valence-corrected chi connectivity index (χ0v) is 14.4. The second kappa shape index (κ2) is 7.40. The Kier molecular flexibility index (Phi) is 5.04. The highest BCUT2D eigenvalue weighted by molar-refractivity contribution is 6.34. The first-order valence-corrected chi connectivity index (χ1v) is 7.93. The van der Waals surface area contributed by atoms with Crippen LogP contribution in [0.3, 0.4) is 0 Å². The molecule has 26 heavy (non-hydrogen) atoms. The number of halogens is 1. The Morgan fingerprint density at radius 2 is 2.19 bits per heavy atom. The number of anilines is 2. The molecule has 2 amide bonds. The molecule has 134 valence electrons. The van der Waals surface area contributed by atoms with Crippen LogP contribution in [0.1, 0.15) is 10.4 Å². The molecule has 0 unspecified atom stereocenters. The fraction of sp³-hybridized carbons (Fsp3) is 0.176. The highest BCUT2D eigenvalue weighted by Gasteiger charge is 2.28. The number of benzene rings is 1. The van der Waals surface area contributed by atoms with Crippen molar-refractivity contribution in [3.63, 3.8) is 0 Å². The van der Waals surface area contributed by atoms with Gasteiger partial charge in [0.15, 0.2) is 18.2 Å². The predicted molar refractivity (Wildman–Crippen MR) is 93.5 cm³/mol. The Labute approximate surface area is 153 Å². The number of aromatic nitrogens is 1. The third-order valence-electron chi connectivity index (χ3n) is 3.62. The topological polar surface area (TPSA) is 97.8 Å². The first kappa shape index (κ1) is 17.7. The van der Waals surface area contributed by atoms with Crippen molar-refractivity contribution in [2.75, 3.05) is 30.5 Å². The number of esters is 1. The van der Waals surface area contributed by atoms with Gasteiger partial charge in [0.25, 0.3) is 5.91 Å². The van der Waals surface area contributed by atoms with E-state index in [2.05, 4.69) is 15.0 Å². The van der Waals surface area contributed by atoms with Gasteiger partial charge in [-0.25, -0.2) is 9.78 Å². The van der Waals surface area contributed by atoms with Gasteiger partial charge in [-0.3, -0.25) is 14.5 Å². The lowest BCUT2D eigenvalue weighted by Crippen LogP contribution is -2.44. The number of methoxy groups -OCH3 is 1. The zero-order chi connectivity index (χ0) is 18.7. The molecule has 2 heterocycles. The summed E-state index contributed by atoms with van der Waals surface area (Å²) >= 11 is 6.06. The van der Waals surface area contributed by atoms with Crippen molar-refractivity contribution >= 4 is 40.9 Å². The maximum atomic E-state index is 12.4. The normalized spacial score (nSPS) is 12.8. The van der Waals surface area contributed by atoms with E-state index in [4.69, 9.17) is 16.3 Å². The summed E-state index contributed by atoms with van der Waals surface area (Å²) in [5.41, 5.74) is 0.475. The van der Waals surface area contributed by atoms with Gasteiger partial charge >= 0.3 is 5.97 Å². The molecule has 1 aliphatic heterocycles. The molecular weight excluding hydrogens is 362 g/mol. The molecule has 3 rings (SSSR count). The monoisotopic (exact) mass is 375 g/mol. The van der Waals surface area contributed by atoms with Crippen LogP contribution >= 0.6 is 11.6 Å². The summed E-state index contributed by atoms with van der Waals surface area (Å²) in [4.78, 5) is 41.4. The predicted octanol–water partition coefficient (Wildman–Crippen LogP) is 1.89. The van der Waals surface area contributed by atoms with Gasteiger partial charge in [-0.1, -0.05) is 11.6 Å². The minimum atomic E-state index is -0.557. The number of ether oxygens (including phenoxy) is 2. The molecule has 2 aromatic rings. The first-order valence-electron chi connectivity index (χ1n) is 7.55. The van der Waals surface area contributed by atoms with Crippen LogP contribution < -0.4 is 15.0 Å². The number of rotatable bonds is 4. The summed E-state index contributed by atoms with van der Waals surface area (Å²) in [5, 5.41) is 2.84. The molecular formula is C17H14ClN3O5. The molecule has 0 bridgehead atoms. The summed E-state index contributed by atoms with van der Waals surface area (Å²) in [6.45, 7) is -0.449. The maximum Gasteiger partial charge on any atom is 0.337 e. The van der Waals surface area contributed by atoms with E-state index < -0.39 is 11.9 Å². The molecule has 0 fully saturated rings. The lowest BCUT2D eigenvalue weighted by atomic mass is 10.2. The van der Waals surface area contributed by atoms with Crippen LogP contribution in [0.5, 0.6) is 5.75 Å². The van der Waals surface area contributed by atoms with E-state index >= 15 is 0 Å². The molecule has 0 radical (unpaired) electrons. The molecule has 1 aromatic carbocycles. The van der Waals surface area contributed by atoms with E-state index in [-0.39, 0.29) is 41.2 Å². The second-order valence-electron chi connectivity index (χ2n) is 5.33. The number of nitrogens with zero attached hydrogens (tertiary/aromatic N) is 2. The summed E-state index contributed by atoms with van der Waals surface area (Å²) in [6.07, 6.45) is 1.50. The average molecular weight is 376 g/mol. The smallest absolute Gasteiger partial charge is 0.337 e. The van der Waals surface area contributed by atoms with E-state index in [0.717, 1.165) is 0 Å². The second-order valence-corrected chi connectivity index (χ2v) is 5.74. The highest BCUT2D eigenvalue weighted by Crippen LogP contribution is 2.29. The van der Waals surface area contributed by atoms with Crippen LogP contribution in [0, 0.1) is 0 Å². The third-order valence-corrected chi connectivity index (χ3v) is 3.95. The van der Waals surface area contributed by atoms with Crippen molar-refractivity contribution in [1.29, 1.82) is 0 Å². The molecule has 0 spiro atoms. The maximum absolute atomic E-state index is 12.4. The lowest BCUT2D eigenvalue weighted by Gasteiger charge is -2.27. The van der Waals surface area contributed by atoms with Crippen molar-refractivity contribution in [3.05, 3.63) is 47.1 Å². The van der Waals surface area contributed by atoms with Crippen molar-refractivity contribution < 1.29 is 23.9 Å². The average Bonchev–Trinajstić information content (AvgIpc) is 2.65. The molecule has 1 aromatic heterocycles. The van der Waals surface area contributed by atoms with Gasteiger partial charge < -0.3 is 14.8 Å². The summed E-state index contributed by atoms with van der Waals surface area (Å²) in [6, 6.07) is 7.69. The number of nitrogens with one attached hydrogen (secondary N) is 1. The third kappa shape index (κ3) is 3.60. The zero-order valence-electron chi connectivity index (χ0n) is 13.7. The van der Waals surface area contributed by atoms with Crippen LogP contribution in [0.4, 0.5) is 11.5 Å². The van der Waals surface area contributed by atoms with E-state index in [1.807, 2.05) is 0 Å². The van der Waals surface area contributed by atoms with Crippen molar-refractivity contribution in [2.24, 2.45) is 0 Å². The van der Waals surface area contributed by atoms with Gasteiger partial charge in [0, 0.05) is 6.20 Å². The molecule has 1 N–H and O–H groups in total. The Bertz CT molecular complexity index is 886. The van der Waals surface area contributed by atoms with Gasteiger partial charge in [-0.15, -0.1) is 0 Å². The number of carbonyl (C=O) groups excluding carboxylic acids is 3. The molecule has 1 aliphatic rings. The quantitative estimate of drug-likeness (QED) is 0.819. The largest absolute Gasteiger partial charge is 0.480 e. The Balaban J connectivity index is 1.78. The lowest BCUT2D eigenvalue weighted by molar-refractivity contribution is -0.123. The van der Waals surface area contributed by atoms with E-state index in [1.54, 1.807) is 12.1 Å². The van der Waals surface area contributed by atoms with Gasteiger partial charge in [0.2, 0.25) is 5.91 Å². The molecule has 0 atom stereocenters. The van der Waals surface area contributed by atoms with Crippen LogP contribution in [-0.4, -0.2) is 43.0 Å². The molecule has 0 saturated carbocycles. The number of hydrogen-bond donors (Lipinski definition) is 1. The number of carbonyl (C=O) groups is 3. The Hall–Kier alpha value is -3.13. The molecule has 9 heteroatoms. The van der Waals surface area contributed by atoms with Gasteiger partial charge in [-0.2, -0.15) is 0 Å². The van der Waals surface area contributed by atoms with E-state index in [1.165, 1.54) is 36.4 Å². The Morgan fingerprint density at radius 1 is 1.38 bits per heavy atom. The number of amides is 2. The van der Waals surface area contributed by atoms with Gasteiger partial charge in [0.05, 0.1) is 23.4 Å². The van der Waals surface area contributed by atoms with Crippen molar-refractivity contribution in [2.45, 2.75) is 0 Å². The fourth-order valence-corrected chi connectivity index (χ4v) is 2.56. The van der Waals surface area contributed by atoms with Crippen LogP contribution in [0.15, 0.2) is 36.5 Å². The summed E-state index contributed by atoms with van der Waals surface area (Å²) in [5.74, 6) is -0.751. The number of hydrogen-bond acceptors (Lipinski definition) is 6. The Morgan fingerprint density at radius 3 is 2.96 bits per heavy atom. The standard InChI is InChI=1S/C17H14ClN3O5/c1-25-17(24)10-4-5-11(18)12(7-10)20-14(22)8-21-15(23)9-26-13-3-2-6-19-16(13)21/h2-7H,8-9H2,1H3,(H,20,22). The van der Waals surface area contributed by atoms with E-state index in [9.17, 15) is 14.4 Å². The SMILES string of the molecule is COC(=O)c1ccc(Cl)c(NC(=O)CN2C(=O)COc3cccnc32)c1. The number of pyridine rings is 1. The van der Waals surface area contributed by atoms with Gasteiger partial charge in [0.1, 0.15) is 6.54 Å². The molecule has 0 saturated heterocycles. The van der Waals surface area contributed by atoms with Crippen LogP contribution in [0.25, 0.3) is 0 Å². The fourth-order valence-electron chi connectivity index (χ4n) is 2.40. The minimum Gasteiger partial charge on any atom is -0.480 e. The minimum absolute atomic E-state index is 0.176. The van der Waals surface area contributed by atoms with Gasteiger partial charge in [-0.05, 0) is 30.3 Å².